The molecule has 0 aromatic carbocycles. The summed E-state index contributed by atoms with van der Waals surface area (Å²) in [7, 11) is 1.83. The van der Waals surface area contributed by atoms with Gasteiger partial charge in [-0.1, -0.05) is 6.07 Å². The Hall–Kier alpha value is -2.83. The minimum absolute atomic E-state index is 0.0880. The van der Waals surface area contributed by atoms with E-state index >= 15 is 0 Å². The third kappa shape index (κ3) is 6.23. The number of nitrogens with one attached hydrogen (secondary N) is 1. The predicted octanol–water partition coefficient (Wildman–Crippen LogP) is 2.84. The molecule has 7 heteroatoms. The molecular weight excluding hydrogens is 332 g/mol. The summed E-state index contributed by atoms with van der Waals surface area (Å²) >= 11 is 0. The van der Waals surface area contributed by atoms with Crippen molar-refractivity contribution in [2.75, 3.05) is 12.4 Å². The summed E-state index contributed by atoms with van der Waals surface area (Å²) < 4.78 is 0. The Morgan fingerprint density at radius 3 is 2.62 bits per heavy atom. The average Bonchev–Trinajstić information content (AvgIpc) is 2.66. The molecule has 2 aromatic rings. The maximum atomic E-state index is 12.1. The van der Waals surface area contributed by atoms with Crippen LogP contribution in [0.1, 0.15) is 49.3 Å². The van der Waals surface area contributed by atoms with Gasteiger partial charge in [-0.3, -0.25) is 9.59 Å². The van der Waals surface area contributed by atoms with Crippen LogP contribution in [0.4, 0.5) is 5.82 Å². The van der Waals surface area contributed by atoms with E-state index < -0.39 is 11.9 Å². The molecule has 0 saturated heterocycles. The van der Waals surface area contributed by atoms with Crippen molar-refractivity contribution in [1.29, 1.82) is 0 Å². The lowest BCUT2D eigenvalue weighted by molar-refractivity contribution is -0.139. The number of carboxylic acids is 1. The highest BCUT2D eigenvalue weighted by molar-refractivity contribution is 5.80. The predicted molar refractivity (Wildman–Crippen MR) is 98.0 cm³/mol. The molecule has 2 rings (SSSR count). The van der Waals surface area contributed by atoms with Gasteiger partial charge in [-0.25, -0.2) is 15.0 Å². The number of carbonyl (C=O) groups is 2. The minimum Gasteiger partial charge on any atom is -0.481 e. The highest BCUT2D eigenvalue weighted by Gasteiger charge is 2.21. The second-order valence-corrected chi connectivity index (χ2v) is 6.11. The molecule has 26 heavy (non-hydrogen) atoms. The fourth-order valence-electron chi connectivity index (χ4n) is 2.74. The van der Waals surface area contributed by atoms with Crippen LogP contribution in [0, 0.1) is 0 Å². The van der Waals surface area contributed by atoms with Crippen molar-refractivity contribution in [2.24, 2.45) is 0 Å². The summed E-state index contributed by atoms with van der Waals surface area (Å²) in [6.07, 6.45) is 7.79. The first kappa shape index (κ1) is 19.5. The fourth-order valence-corrected chi connectivity index (χ4v) is 2.74. The molecule has 0 aliphatic heterocycles. The number of carbonyl (C=O) groups excluding carboxylic acids is 1. The molecule has 0 radical (unpaired) electrons. The van der Waals surface area contributed by atoms with Gasteiger partial charge >= 0.3 is 5.97 Å². The first-order valence-corrected chi connectivity index (χ1v) is 8.73. The van der Waals surface area contributed by atoms with E-state index in [1.807, 2.05) is 25.2 Å². The number of Topliss-reactive ketones (excluding diaryl/α,β-unsaturated/α-hetero) is 1. The number of aliphatic carboxylic acids is 1. The molecule has 1 atom stereocenters. The number of anilines is 1. The summed E-state index contributed by atoms with van der Waals surface area (Å²) in [6.45, 7) is 0. The van der Waals surface area contributed by atoms with Crippen molar-refractivity contribution in [2.45, 2.75) is 44.4 Å². The summed E-state index contributed by atoms with van der Waals surface area (Å²) in [4.78, 5) is 35.6. The highest BCUT2D eigenvalue weighted by Crippen LogP contribution is 2.21. The first-order chi connectivity index (χ1) is 12.6. The van der Waals surface area contributed by atoms with Gasteiger partial charge in [-0.05, 0) is 37.8 Å². The van der Waals surface area contributed by atoms with Gasteiger partial charge in [0.2, 0.25) is 0 Å². The van der Waals surface area contributed by atoms with E-state index in [2.05, 4.69) is 20.3 Å². The Kier molecular flexibility index (Phi) is 7.67. The third-order valence-electron chi connectivity index (χ3n) is 4.19. The normalized spacial score (nSPS) is 11.7. The minimum atomic E-state index is -0.955. The molecular formula is C19H24N4O3. The van der Waals surface area contributed by atoms with Crippen LogP contribution in [0.3, 0.4) is 0 Å². The zero-order valence-electron chi connectivity index (χ0n) is 14.9. The van der Waals surface area contributed by atoms with Crippen molar-refractivity contribution in [3.8, 4) is 0 Å². The standard InChI is InChI=1S/C19H24N4O3/c1-20-18-8-4-6-15(23-18)5-2-3-7-16(24)9-10-17(19(25)26)14-11-21-13-22-12-14/h4,6,8,11-13,17H,2-3,5,7,9-10H2,1H3,(H,20,23)(H,25,26). The zero-order valence-corrected chi connectivity index (χ0v) is 14.9. The van der Waals surface area contributed by atoms with Crippen molar-refractivity contribution < 1.29 is 14.7 Å². The molecule has 2 aromatic heterocycles. The second-order valence-electron chi connectivity index (χ2n) is 6.11. The molecule has 2 heterocycles. The number of unbranched alkanes of at least 4 members (excludes halogenated alkanes) is 1. The van der Waals surface area contributed by atoms with Crippen LogP contribution in [0.15, 0.2) is 36.9 Å². The average molecular weight is 356 g/mol. The van der Waals surface area contributed by atoms with Crippen LogP contribution in [-0.2, 0) is 16.0 Å². The highest BCUT2D eigenvalue weighted by atomic mass is 16.4. The van der Waals surface area contributed by atoms with E-state index in [1.165, 1.54) is 18.7 Å². The van der Waals surface area contributed by atoms with E-state index in [1.54, 1.807) is 0 Å². The summed E-state index contributed by atoms with van der Waals surface area (Å²) in [5, 5.41) is 12.3. The number of hydrogen-bond donors (Lipinski definition) is 2. The van der Waals surface area contributed by atoms with Gasteiger partial charge in [0.05, 0.1) is 5.92 Å². The molecule has 2 N–H and O–H groups in total. The fraction of sp³-hybridized carbons (Fsp3) is 0.421. The lowest BCUT2D eigenvalue weighted by Gasteiger charge is -2.11. The van der Waals surface area contributed by atoms with Crippen molar-refractivity contribution in [3.63, 3.8) is 0 Å². The van der Waals surface area contributed by atoms with Gasteiger partial charge in [0, 0.05) is 43.5 Å². The quantitative estimate of drug-likeness (QED) is 0.596. The van der Waals surface area contributed by atoms with Crippen molar-refractivity contribution >= 4 is 17.6 Å². The zero-order chi connectivity index (χ0) is 18.8. The molecule has 0 bridgehead atoms. The third-order valence-corrected chi connectivity index (χ3v) is 4.19. The van der Waals surface area contributed by atoms with Gasteiger partial charge in [0.1, 0.15) is 17.9 Å². The topological polar surface area (TPSA) is 105 Å². The van der Waals surface area contributed by atoms with Crippen LogP contribution in [0.5, 0.6) is 0 Å². The molecule has 138 valence electrons. The molecule has 0 aliphatic rings. The number of nitrogens with zero attached hydrogens (tertiary/aromatic N) is 3. The van der Waals surface area contributed by atoms with Crippen molar-refractivity contribution in [3.05, 3.63) is 48.2 Å². The van der Waals surface area contributed by atoms with E-state index in [9.17, 15) is 14.7 Å². The van der Waals surface area contributed by atoms with Crippen molar-refractivity contribution in [1.82, 2.24) is 15.0 Å². The van der Waals surface area contributed by atoms with Crippen LogP contribution in [-0.4, -0.2) is 38.9 Å². The summed E-state index contributed by atoms with van der Waals surface area (Å²) in [5.41, 5.74) is 1.53. The number of pyridine rings is 1. The maximum absolute atomic E-state index is 12.1. The van der Waals surface area contributed by atoms with Crippen LogP contribution >= 0.6 is 0 Å². The van der Waals surface area contributed by atoms with Gasteiger partial charge in [-0.2, -0.15) is 0 Å². The Morgan fingerprint density at radius 1 is 1.15 bits per heavy atom. The summed E-state index contributed by atoms with van der Waals surface area (Å²) in [6, 6.07) is 5.84. The van der Waals surface area contributed by atoms with Gasteiger partial charge in [-0.15, -0.1) is 0 Å². The SMILES string of the molecule is CNc1cccc(CCCCC(=O)CCC(C(=O)O)c2cncnc2)n1. The molecule has 0 saturated carbocycles. The van der Waals surface area contributed by atoms with Crippen LogP contribution in [0.25, 0.3) is 0 Å². The molecule has 1 unspecified atom stereocenters. The molecule has 7 nitrogen and oxygen atoms in total. The number of hydrogen-bond acceptors (Lipinski definition) is 6. The molecule has 0 fully saturated rings. The van der Waals surface area contributed by atoms with Gasteiger partial charge < -0.3 is 10.4 Å². The first-order valence-electron chi connectivity index (χ1n) is 8.73. The van der Waals surface area contributed by atoms with E-state index in [0.29, 0.717) is 12.0 Å². The monoisotopic (exact) mass is 356 g/mol. The Bertz CT molecular complexity index is 722. The number of carboxylic acid groups (broad SMARTS) is 1. The smallest absolute Gasteiger partial charge is 0.311 e. The largest absolute Gasteiger partial charge is 0.481 e. The Labute approximate surface area is 152 Å². The number of aryl methyl sites for hydroxylation is 1. The molecule has 0 amide bonds. The molecule has 0 spiro atoms. The van der Waals surface area contributed by atoms with Crippen LogP contribution in [0.2, 0.25) is 0 Å². The lowest BCUT2D eigenvalue weighted by atomic mass is 9.94. The Balaban J connectivity index is 1.72. The van der Waals surface area contributed by atoms with Gasteiger partial charge in [0.25, 0.3) is 0 Å². The maximum Gasteiger partial charge on any atom is 0.311 e. The summed E-state index contributed by atoms with van der Waals surface area (Å²) in [5.74, 6) is -0.773. The van der Waals surface area contributed by atoms with E-state index in [-0.39, 0.29) is 18.6 Å². The lowest BCUT2D eigenvalue weighted by Crippen LogP contribution is -2.14. The number of ketones is 1. The number of rotatable bonds is 11. The second kappa shape index (κ2) is 10.2. The van der Waals surface area contributed by atoms with Gasteiger partial charge in [0.15, 0.2) is 0 Å². The van der Waals surface area contributed by atoms with E-state index in [0.717, 1.165) is 30.8 Å². The number of aromatic nitrogens is 3. The Morgan fingerprint density at radius 2 is 1.92 bits per heavy atom. The molecule has 0 aliphatic carbocycles. The van der Waals surface area contributed by atoms with E-state index in [4.69, 9.17) is 0 Å². The van der Waals surface area contributed by atoms with Crippen LogP contribution < -0.4 is 5.32 Å².